The predicted octanol–water partition coefficient (Wildman–Crippen LogP) is 4.27. The van der Waals surface area contributed by atoms with E-state index in [0.717, 1.165) is 0 Å². The second-order valence-corrected chi connectivity index (χ2v) is 3.56. The third kappa shape index (κ3) is 2.16. The fourth-order valence-electron chi connectivity index (χ4n) is 0.691. The Morgan fingerprint density at radius 2 is 1.69 bits per heavy atom. The van der Waals surface area contributed by atoms with E-state index in [-0.39, 0.29) is 25.8 Å². The summed E-state index contributed by atoms with van der Waals surface area (Å²) in [4.78, 5) is 13.3. The van der Waals surface area contributed by atoms with Crippen molar-refractivity contribution in [2.45, 2.75) is 0 Å². The van der Waals surface area contributed by atoms with E-state index in [1.165, 1.54) is 12.1 Å². The van der Waals surface area contributed by atoms with Gasteiger partial charge in [-0.05, 0) is 6.07 Å². The van der Waals surface area contributed by atoms with Crippen molar-refractivity contribution in [2.24, 2.45) is 4.99 Å². The van der Waals surface area contributed by atoms with Crippen LogP contribution >= 0.6 is 46.4 Å². The van der Waals surface area contributed by atoms with Crippen molar-refractivity contribution in [1.29, 1.82) is 0 Å². The molecule has 0 saturated carbocycles. The van der Waals surface area contributed by atoms with Crippen molar-refractivity contribution in [3.05, 3.63) is 26.2 Å². The SMILES string of the molecule is O=C=Nc1cc(Cl)c(Cl)c(Cl)c1Cl. The van der Waals surface area contributed by atoms with Crippen molar-refractivity contribution in [2.75, 3.05) is 0 Å². The van der Waals surface area contributed by atoms with Crippen LogP contribution in [0.2, 0.25) is 20.1 Å². The molecular formula is C7HCl4NO. The highest BCUT2D eigenvalue weighted by Gasteiger charge is 2.12. The van der Waals surface area contributed by atoms with Gasteiger partial charge in [-0.3, -0.25) is 0 Å². The molecule has 0 saturated heterocycles. The number of rotatable bonds is 1. The largest absolute Gasteiger partial charge is 0.240 e. The molecule has 0 aromatic heterocycles. The molecule has 0 aliphatic heterocycles. The van der Waals surface area contributed by atoms with Crippen molar-refractivity contribution < 1.29 is 4.79 Å². The maximum absolute atomic E-state index is 9.96. The minimum absolute atomic E-state index is 0.0739. The molecule has 0 aliphatic carbocycles. The van der Waals surface area contributed by atoms with Crippen molar-refractivity contribution >= 4 is 58.2 Å². The minimum atomic E-state index is 0.0739. The molecule has 68 valence electrons. The standard InChI is InChI=1S/C7HCl4NO/c8-3-1-4(12-2-13)6(10)7(11)5(3)9/h1H. The van der Waals surface area contributed by atoms with Crippen LogP contribution in [0, 0.1) is 0 Å². The molecule has 0 bridgehead atoms. The molecule has 0 spiro atoms. The van der Waals surface area contributed by atoms with Crippen LogP contribution in [-0.4, -0.2) is 6.08 Å². The lowest BCUT2D eigenvalue weighted by Gasteiger charge is -2.03. The van der Waals surface area contributed by atoms with Gasteiger partial charge in [-0.25, -0.2) is 4.79 Å². The quantitative estimate of drug-likeness (QED) is 0.319. The summed E-state index contributed by atoms with van der Waals surface area (Å²) in [6.07, 6.45) is 1.33. The van der Waals surface area contributed by atoms with E-state index in [2.05, 4.69) is 4.99 Å². The molecule has 0 amide bonds. The van der Waals surface area contributed by atoms with Crippen LogP contribution in [0.15, 0.2) is 11.1 Å². The Morgan fingerprint density at radius 3 is 2.23 bits per heavy atom. The topological polar surface area (TPSA) is 29.4 Å². The summed E-state index contributed by atoms with van der Waals surface area (Å²) in [5.41, 5.74) is 0.149. The highest BCUT2D eigenvalue weighted by molar-refractivity contribution is 6.52. The molecular weight excluding hydrogens is 256 g/mol. The van der Waals surface area contributed by atoms with Crippen molar-refractivity contribution in [1.82, 2.24) is 0 Å². The van der Waals surface area contributed by atoms with Crippen LogP contribution in [0.25, 0.3) is 0 Å². The van der Waals surface area contributed by atoms with Gasteiger partial charge in [0.15, 0.2) is 0 Å². The van der Waals surface area contributed by atoms with Crippen LogP contribution in [0.5, 0.6) is 0 Å². The molecule has 13 heavy (non-hydrogen) atoms. The number of halogens is 4. The second kappa shape index (κ2) is 4.32. The lowest BCUT2D eigenvalue weighted by atomic mass is 10.3. The second-order valence-electron chi connectivity index (χ2n) is 2.02. The van der Waals surface area contributed by atoms with Gasteiger partial charge in [0, 0.05) is 0 Å². The summed E-state index contributed by atoms with van der Waals surface area (Å²) < 4.78 is 0. The van der Waals surface area contributed by atoms with Crippen LogP contribution in [0.3, 0.4) is 0 Å². The van der Waals surface area contributed by atoms with Gasteiger partial charge in [0.05, 0.1) is 25.8 Å². The molecule has 0 aliphatic rings. The van der Waals surface area contributed by atoms with Gasteiger partial charge < -0.3 is 0 Å². The maximum atomic E-state index is 9.96. The Bertz CT molecular complexity index is 398. The number of carbonyl (C=O) groups excluding carboxylic acids is 1. The number of nitrogens with zero attached hydrogens (tertiary/aromatic N) is 1. The Kier molecular flexibility index (Phi) is 3.60. The number of benzene rings is 1. The molecule has 2 nitrogen and oxygen atoms in total. The lowest BCUT2D eigenvalue weighted by Crippen LogP contribution is -1.76. The lowest BCUT2D eigenvalue weighted by molar-refractivity contribution is 0.565. The fourth-order valence-corrected chi connectivity index (χ4v) is 1.52. The number of hydrogen-bond donors (Lipinski definition) is 0. The van der Waals surface area contributed by atoms with E-state index >= 15 is 0 Å². The average Bonchev–Trinajstić information content (AvgIpc) is 2.11. The zero-order valence-corrected chi connectivity index (χ0v) is 8.97. The van der Waals surface area contributed by atoms with E-state index in [4.69, 9.17) is 46.4 Å². The smallest absolute Gasteiger partial charge is 0.211 e. The number of isocyanates is 1. The van der Waals surface area contributed by atoms with Crippen LogP contribution in [0.1, 0.15) is 0 Å². The van der Waals surface area contributed by atoms with Gasteiger partial charge >= 0.3 is 0 Å². The minimum Gasteiger partial charge on any atom is -0.211 e. The van der Waals surface area contributed by atoms with E-state index in [1.54, 1.807) is 0 Å². The summed E-state index contributed by atoms with van der Waals surface area (Å²) in [6, 6.07) is 1.34. The average molecular weight is 257 g/mol. The Hall–Kier alpha value is -0.240. The molecule has 6 heteroatoms. The first-order valence-electron chi connectivity index (χ1n) is 2.98. The normalized spacial score (nSPS) is 9.54. The zero-order chi connectivity index (χ0) is 10.0. The summed E-state index contributed by atoms with van der Waals surface area (Å²) >= 11 is 22.7. The van der Waals surface area contributed by atoms with Gasteiger partial charge in [0.2, 0.25) is 6.08 Å². The Labute approximate surface area is 94.1 Å². The molecule has 1 rings (SSSR count). The first-order valence-corrected chi connectivity index (χ1v) is 4.50. The molecule has 1 aromatic carbocycles. The molecule has 0 N–H and O–H groups in total. The summed E-state index contributed by atoms with van der Waals surface area (Å²) in [7, 11) is 0. The third-order valence-electron chi connectivity index (χ3n) is 1.25. The van der Waals surface area contributed by atoms with Gasteiger partial charge in [-0.2, -0.15) is 4.99 Å². The van der Waals surface area contributed by atoms with Gasteiger partial charge in [-0.15, -0.1) is 0 Å². The Morgan fingerprint density at radius 1 is 1.08 bits per heavy atom. The van der Waals surface area contributed by atoms with E-state index in [9.17, 15) is 4.79 Å². The molecule has 0 radical (unpaired) electrons. The van der Waals surface area contributed by atoms with E-state index in [1.807, 2.05) is 0 Å². The van der Waals surface area contributed by atoms with Crippen LogP contribution < -0.4 is 0 Å². The van der Waals surface area contributed by atoms with Crippen molar-refractivity contribution in [3.63, 3.8) is 0 Å². The molecule has 0 unspecified atom stereocenters. The van der Waals surface area contributed by atoms with E-state index < -0.39 is 0 Å². The number of hydrogen-bond acceptors (Lipinski definition) is 2. The summed E-state index contributed by atoms with van der Waals surface area (Å²) in [5.74, 6) is 0. The molecule has 0 fully saturated rings. The zero-order valence-electron chi connectivity index (χ0n) is 5.94. The van der Waals surface area contributed by atoms with Crippen LogP contribution in [-0.2, 0) is 4.79 Å². The molecule has 0 heterocycles. The summed E-state index contributed by atoms with van der Waals surface area (Å²) in [6.45, 7) is 0. The van der Waals surface area contributed by atoms with Crippen molar-refractivity contribution in [3.8, 4) is 0 Å². The Balaban J connectivity index is 3.49. The first kappa shape index (κ1) is 10.8. The predicted molar refractivity (Wildman–Crippen MR) is 54.3 cm³/mol. The van der Waals surface area contributed by atoms with Gasteiger partial charge in [0.1, 0.15) is 0 Å². The van der Waals surface area contributed by atoms with E-state index in [0.29, 0.717) is 0 Å². The van der Waals surface area contributed by atoms with Gasteiger partial charge in [-0.1, -0.05) is 46.4 Å². The first-order chi connectivity index (χ1) is 6.07. The number of aliphatic imine (C=N–C) groups is 1. The fraction of sp³-hybridized carbons (Fsp3) is 0. The monoisotopic (exact) mass is 255 g/mol. The molecule has 1 aromatic rings. The highest BCUT2D eigenvalue weighted by Crippen LogP contribution is 2.41. The highest BCUT2D eigenvalue weighted by atomic mass is 35.5. The summed E-state index contributed by atoms with van der Waals surface area (Å²) in [5, 5.41) is 0.479. The third-order valence-corrected chi connectivity index (χ3v) is 2.99. The van der Waals surface area contributed by atoms with Crippen LogP contribution in [0.4, 0.5) is 5.69 Å². The molecule has 0 atom stereocenters. The van der Waals surface area contributed by atoms with Gasteiger partial charge in [0.25, 0.3) is 0 Å². The maximum Gasteiger partial charge on any atom is 0.240 e.